The molecular formula is C24H27NO3Se2. The van der Waals surface area contributed by atoms with Crippen molar-refractivity contribution >= 4 is 44.8 Å². The van der Waals surface area contributed by atoms with Gasteiger partial charge in [0, 0.05) is 0 Å². The van der Waals surface area contributed by atoms with E-state index in [-0.39, 0.29) is 39.6 Å². The number of hydrogen-bond donors (Lipinski definition) is 0. The molecule has 0 N–H and O–H groups in total. The molecule has 0 aromatic heterocycles. The number of carbonyl (C=O) groups is 1. The first-order chi connectivity index (χ1) is 14.5. The molecule has 0 radical (unpaired) electrons. The van der Waals surface area contributed by atoms with E-state index in [4.69, 9.17) is 9.47 Å². The maximum absolute atomic E-state index is 13.6. The summed E-state index contributed by atoms with van der Waals surface area (Å²) in [6, 6.07) is 23.1. The van der Waals surface area contributed by atoms with Crippen molar-refractivity contribution in [3.63, 3.8) is 0 Å². The molecule has 158 valence electrons. The molecular weight excluding hydrogens is 508 g/mol. The Bertz CT molecular complexity index is 845. The normalized spacial score (nSPS) is 25.8. The predicted molar refractivity (Wildman–Crippen MR) is 120 cm³/mol. The van der Waals surface area contributed by atoms with E-state index in [0.717, 1.165) is 0 Å². The second kappa shape index (κ2) is 10.1. The molecule has 30 heavy (non-hydrogen) atoms. The van der Waals surface area contributed by atoms with Crippen LogP contribution in [-0.4, -0.2) is 55.2 Å². The second-order valence-electron chi connectivity index (χ2n) is 7.67. The van der Waals surface area contributed by atoms with Gasteiger partial charge < -0.3 is 0 Å². The van der Waals surface area contributed by atoms with Gasteiger partial charge in [-0.15, -0.1) is 0 Å². The molecule has 1 aliphatic rings. The van der Waals surface area contributed by atoms with Gasteiger partial charge in [-0.05, 0) is 0 Å². The van der Waals surface area contributed by atoms with Crippen molar-refractivity contribution in [1.29, 1.82) is 5.26 Å². The summed E-state index contributed by atoms with van der Waals surface area (Å²) in [4.78, 5) is 13.6. The third-order valence-electron chi connectivity index (χ3n) is 5.62. The van der Waals surface area contributed by atoms with Crippen molar-refractivity contribution in [2.75, 3.05) is 13.7 Å². The fourth-order valence-corrected chi connectivity index (χ4v) is 11.8. The average Bonchev–Trinajstić information content (AvgIpc) is 3.09. The SMILES string of the molecule is CCOC(=O)[C@]1(C([Se]c2ccccc2)[Se]c2ccccc2)CC(C)(OC)CC1C#N. The minimum atomic E-state index is -0.860. The summed E-state index contributed by atoms with van der Waals surface area (Å²) in [6.07, 6.45) is 1.06. The van der Waals surface area contributed by atoms with Crippen molar-refractivity contribution in [2.24, 2.45) is 11.3 Å². The Labute approximate surface area is 191 Å². The van der Waals surface area contributed by atoms with Crippen LogP contribution in [0.25, 0.3) is 0 Å². The number of methoxy groups -OCH3 is 1. The first-order valence-electron chi connectivity index (χ1n) is 10.0. The Kier molecular flexibility index (Phi) is 7.80. The van der Waals surface area contributed by atoms with Gasteiger partial charge in [0.05, 0.1) is 0 Å². The molecule has 1 saturated carbocycles. The molecule has 0 bridgehead atoms. The van der Waals surface area contributed by atoms with Gasteiger partial charge in [0.15, 0.2) is 0 Å². The van der Waals surface area contributed by atoms with Crippen molar-refractivity contribution in [2.45, 2.75) is 36.0 Å². The van der Waals surface area contributed by atoms with E-state index < -0.39 is 16.9 Å². The Hall–Kier alpha value is -1.60. The number of benzene rings is 2. The van der Waals surface area contributed by atoms with Crippen LogP contribution >= 0.6 is 0 Å². The van der Waals surface area contributed by atoms with Crippen LogP contribution in [0.3, 0.4) is 0 Å². The van der Waals surface area contributed by atoms with E-state index in [1.165, 1.54) is 8.92 Å². The van der Waals surface area contributed by atoms with Gasteiger partial charge in [-0.3, -0.25) is 0 Å². The average molecular weight is 535 g/mol. The summed E-state index contributed by atoms with van der Waals surface area (Å²) in [7, 11) is 1.68. The third-order valence-corrected chi connectivity index (χ3v) is 12.7. The summed E-state index contributed by atoms with van der Waals surface area (Å²) < 4.78 is 14.0. The Balaban J connectivity index is 2.10. The van der Waals surface area contributed by atoms with Crippen molar-refractivity contribution in [3.8, 4) is 6.07 Å². The van der Waals surface area contributed by atoms with E-state index in [1.54, 1.807) is 7.11 Å². The van der Waals surface area contributed by atoms with Crippen LogP contribution in [0.2, 0.25) is 3.71 Å². The number of esters is 1. The van der Waals surface area contributed by atoms with E-state index in [2.05, 4.69) is 30.3 Å². The molecule has 2 unspecified atom stereocenters. The monoisotopic (exact) mass is 537 g/mol. The summed E-state index contributed by atoms with van der Waals surface area (Å²) in [5.41, 5.74) is -1.37. The van der Waals surface area contributed by atoms with Crippen LogP contribution in [-0.2, 0) is 14.3 Å². The Morgan fingerprint density at radius 1 is 1.13 bits per heavy atom. The Morgan fingerprint density at radius 3 is 2.10 bits per heavy atom. The van der Waals surface area contributed by atoms with Gasteiger partial charge in [0.2, 0.25) is 0 Å². The van der Waals surface area contributed by atoms with Gasteiger partial charge in [-0.1, -0.05) is 0 Å². The summed E-state index contributed by atoms with van der Waals surface area (Å²) in [5.74, 6) is -0.666. The molecule has 0 spiro atoms. The first-order valence-corrected chi connectivity index (χ1v) is 13.7. The van der Waals surface area contributed by atoms with Crippen LogP contribution in [0.1, 0.15) is 26.7 Å². The van der Waals surface area contributed by atoms with Crippen molar-refractivity contribution in [1.82, 2.24) is 0 Å². The molecule has 6 heteroatoms. The van der Waals surface area contributed by atoms with E-state index in [9.17, 15) is 10.1 Å². The number of nitriles is 1. The van der Waals surface area contributed by atoms with Crippen LogP contribution in [0.5, 0.6) is 0 Å². The quantitative estimate of drug-likeness (QED) is 0.386. The molecule has 2 aromatic carbocycles. The van der Waals surface area contributed by atoms with Gasteiger partial charge >= 0.3 is 192 Å². The summed E-state index contributed by atoms with van der Waals surface area (Å²) in [6.45, 7) is 4.16. The van der Waals surface area contributed by atoms with Crippen LogP contribution in [0.15, 0.2) is 60.7 Å². The predicted octanol–water partition coefficient (Wildman–Crippen LogP) is 2.68. The molecule has 0 aliphatic heterocycles. The zero-order valence-corrected chi connectivity index (χ0v) is 21.0. The maximum atomic E-state index is 13.6. The fourth-order valence-electron chi connectivity index (χ4n) is 4.05. The standard InChI is InChI=1S/C24H27NO3Se2/c1-4-28-21(26)24(17-23(2,27-3)15-18(24)16-25)22(29-19-11-7-5-8-12-19)30-20-13-9-6-10-14-20/h5-14,18,22H,4,15,17H2,1-3H3/t18?,23?,24-/m0/s1. The number of nitrogens with zero attached hydrogens (tertiary/aromatic N) is 1. The molecule has 0 saturated heterocycles. The zero-order chi connectivity index (χ0) is 21.6. The van der Waals surface area contributed by atoms with E-state index in [0.29, 0.717) is 19.4 Å². The van der Waals surface area contributed by atoms with E-state index in [1.807, 2.05) is 50.2 Å². The zero-order valence-electron chi connectivity index (χ0n) is 17.5. The second-order valence-corrected chi connectivity index (χ2v) is 14.1. The van der Waals surface area contributed by atoms with Crippen LogP contribution < -0.4 is 8.92 Å². The van der Waals surface area contributed by atoms with Gasteiger partial charge in [0.1, 0.15) is 0 Å². The van der Waals surface area contributed by atoms with Crippen molar-refractivity contribution in [3.05, 3.63) is 60.7 Å². The molecule has 1 aliphatic carbocycles. The van der Waals surface area contributed by atoms with E-state index >= 15 is 0 Å². The molecule has 3 rings (SSSR count). The number of rotatable bonds is 8. The number of carbonyl (C=O) groups excluding carboxylic acids is 1. The molecule has 4 nitrogen and oxygen atoms in total. The van der Waals surface area contributed by atoms with Gasteiger partial charge in [-0.25, -0.2) is 0 Å². The topological polar surface area (TPSA) is 59.3 Å². The molecule has 0 heterocycles. The molecule has 0 amide bonds. The van der Waals surface area contributed by atoms with Crippen molar-refractivity contribution < 1.29 is 14.3 Å². The van der Waals surface area contributed by atoms with Gasteiger partial charge in [0.25, 0.3) is 0 Å². The fraction of sp³-hybridized carbons (Fsp3) is 0.417. The molecule has 1 fully saturated rings. The molecule has 3 atom stereocenters. The van der Waals surface area contributed by atoms with Crippen LogP contribution in [0, 0.1) is 22.7 Å². The summed E-state index contributed by atoms with van der Waals surface area (Å²) >= 11 is 0.0237. The first kappa shape index (κ1) is 23.1. The molecule has 2 aromatic rings. The minimum absolute atomic E-state index is 0.0119. The number of hydrogen-bond acceptors (Lipinski definition) is 4. The third kappa shape index (κ3) is 4.83. The summed E-state index contributed by atoms with van der Waals surface area (Å²) in [5, 5.41) is 10.1. The van der Waals surface area contributed by atoms with Gasteiger partial charge in [-0.2, -0.15) is 0 Å². The number of ether oxygens (including phenoxy) is 2. The Morgan fingerprint density at radius 2 is 1.67 bits per heavy atom. The van der Waals surface area contributed by atoms with Crippen LogP contribution in [0.4, 0.5) is 0 Å².